The highest BCUT2D eigenvalue weighted by Gasteiger charge is 2.43. The van der Waals surface area contributed by atoms with Gasteiger partial charge in [0.25, 0.3) is 0 Å². The molecule has 2 fully saturated rings. The van der Waals surface area contributed by atoms with E-state index in [1.165, 1.54) is 6.42 Å². The van der Waals surface area contributed by atoms with Crippen molar-refractivity contribution in [2.24, 2.45) is 26.9 Å². The van der Waals surface area contributed by atoms with Gasteiger partial charge in [-0.2, -0.15) is 4.99 Å². The van der Waals surface area contributed by atoms with E-state index in [0.29, 0.717) is 25.3 Å². The van der Waals surface area contributed by atoms with Crippen LogP contribution >= 0.6 is 0 Å². The summed E-state index contributed by atoms with van der Waals surface area (Å²) in [7, 11) is 0. The second-order valence-electron chi connectivity index (χ2n) is 10.4. The molecule has 33 heavy (non-hydrogen) atoms. The summed E-state index contributed by atoms with van der Waals surface area (Å²) in [5.41, 5.74) is 12.6. The molecule has 4 rings (SSSR count). The lowest BCUT2D eigenvalue weighted by atomic mass is 9.80. The zero-order valence-corrected chi connectivity index (χ0v) is 19.8. The SMILES string of the molecule is CC(C)(C)C1CC(Oc2cccc(N3C(N)=NC(N)=NC34CCCCC4)c2)CCN1C(=O)O. The molecule has 0 radical (unpaired) electrons. The van der Waals surface area contributed by atoms with E-state index in [9.17, 15) is 9.90 Å². The fourth-order valence-electron chi connectivity index (χ4n) is 5.47. The fraction of sp³-hybridized carbons (Fsp3) is 0.625. The molecule has 2 unspecified atom stereocenters. The number of amides is 1. The number of nitrogens with two attached hydrogens (primary N) is 2. The Labute approximate surface area is 195 Å². The number of nitrogens with zero attached hydrogens (tertiary/aromatic N) is 4. The van der Waals surface area contributed by atoms with Gasteiger partial charge < -0.3 is 26.2 Å². The van der Waals surface area contributed by atoms with Crippen LogP contribution < -0.4 is 21.1 Å². The molecule has 9 heteroatoms. The molecule has 180 valence electrons. The largest absolute Gasteiger partial charge is 0.490 e. The molecule has 2 atom stereocenters. The summed E-state index contributed by atoms with van der Waals surface area (Å²) >= 11 is 0. The number of piperidine rings is 1. The topological polar surface area (TPSA) is 130 Å². The van der Waals surface area contributed by atoms with Crippen molar-refractivity contribution in [1.29, 1.82) is 0 Å². The molecule has 2 aliphatic heterocycles. The van der Waals surface area contributed by atoms with E-state index in [4.69, 9.17) is 21.2 Å². The van der Waals surface area contributed by atoms with Gasteiger partial charge in [-0.15, -0.1) is 0 Å². The zero-order valence-electron chi connectivity index (χ0n) is 19.8. The summed E-state index contributed by atoms with van der Waals surface area (Å²) in [5.74, 6) is 1.32. The lowest BCUT2D eigenvalue weighted by Gasteiger charge is -2.46. The number of rotatable bonds is 3. The molecule has 3 aliphatic rings. The molecule has 0 bridgehead atoms. The van der Waals surface area contributed by atoms with Gasteiger partial charge in [-0.05, 0) is 43.2 Å². The van der Waals surface area contributed by atoms with Crippen LogP contribution in [0.25, 0.3) is 0 Å². The van der Waals surface area contributed by atoms with Gasteiger partial charge in [0.1, 0.15) is 17.5 Å². The first kappa shape index (κ1) is 23.2. The molecule has 1 aliphatic carbocycles. The number of carboxylic acid groups (broad SMARTS) is 1. The number of benzene rings is 1. The van der Waals surface area contributed by atoms with E-state index < -0.39 is 11.8 Å². The molecule has 1 saturated carbocycles. The Morgan fingerprint density at radius 3 is 2.61 bits per heavy atom. The second-order valence-corrected chi connectivity index (χ2v) is 10.4. The number of carbonyl (C=O) groups is 1. The summed E-state index contributed by atoms with van der Waals surface area (Å²) < 4.78 is 6.38. The van der Waals surface area contributed by atoms with Crippen LogP contribution in [0.3, 0.4) is 0 Å². The fourth-order valence-corrected chi connectivity index (χ4v) is 5.47. The molecule has 5 N–H and O–H groups in total. The third kappa shape index (κ3) is 4.72. The van der Waals surface area contributed by atoms with Crippen molar-refractivity contribution >= 4 is 23.7 Å². The van der Waals surface area contributed by atoms with Crippen molar-refractivity contribution in [3.8, 4) is 5.75 Å². The first-order valence-corrected chi connectivity index (χ1v) is 11.9. The van der Waals surface area contributed by atoms with Crippen molar-refractivity contribution in [1.82, 2.24) is 4.90 Å². The number of hydrogen-bond acceptors (Lipinski definition) is 7. The Hall–Kier alpha value is -2.97. The highest BCUT2D eigenvalue weighted by molar-refractivity contribution is 6.05. The van der Waals surface area contributed by atoms with Gasteiger partial charge in [-0.3, -0.25) is 4.90 Å². The third-order valence-electron chi connectivity index (χ3n) is 7.03. The highest BCUT2D eigenvalue weighted by Crippen LogP contribution is 2.40. The smallest absolute Gasteiger partial charge is 0.407 e. The minimum absolute atomic E-state index is 0.0650. The van der Waals surface area contributed by atoms with Crippen molar-refractivity contribution in [3.63, 3.8) is 0 Å². The second kappa shape index (κ2) is 8.76. The summed E-state index contributed by atoms with van der Waals surface area (Å²) in [6.07, 6.45) is 5.41. The van der Waals surface area contributed by atoms with Crippen molar-refractivity contribution < 1.29 is 14.6 Å². The summed E-state index contributed by atoms with van der Waals surface area (Å²) in [6.45, 7) is 6.69. The van der Waals surface area contributed by atoms with Crippen molar-refractivity contribution in [2.45, 2.75) is 83.5 Å². The minimum atomic E-state index is -0.868. The normalized spacial score (nSPS) is 25.4. The number of hydrogen-bond donors (Lipinski definition) is 3. The Morgan fingerprint density at radius 1 is 1.21 bits per heavy atom. The first-order chi connectivity index (χ1) is 15.6. The van der Waals surface area contributed by atoms with Gasteiger partial charge in [0.2, 0.25) is 11.9 Å². The average Bonchev–Trinajstić information content (AvgIpc) is 2.73. The molecule has 0 aromatic heterocycles. The van der Waals surface area contributed by atoms with Crippen molar-refractivity contribution in [2.75, 3.05) is 11.4 Å². The molecule has 2 heterocycles. The monoisotopic (exact) mass is 456 g/mol. The van der Waals surface area contributed by atoms with Crippen LogP contribution in [0.15, 0.2) is 34.3 Å². The number of anilines is 1. The van der Waals surface area contributed by atoms with E-state index in [0.717, 1.165) is 37.1 Å². The predicted molar refractivity (Wildman–Crippen MR) is 130 cm³/mol. The summed E-state index contributed by atoms with van der Waals surface area (Å²) in [5, 5.41) is 9.63. The Morgan fingerprint density at radius 2 is 1.94 bits per heavy atom. The number of aliphatic imine (C=N–C) groups is 2. The minimum Gasteiger partial charge on any atom is -0.490 e. The van der Waals surface area contributed by atoms with Gasteiger partial charge >= 0.3 is 6.09 Å². The molecule has 1 amide bonds. The average molecular weight is 457 g/mol. The van der Waals surface area contributed by atoms with Gasteiger partial charge in [0.15, 0.2) is 0 Å². The van der Waals surface area contributed by atoms with Crippen LogP contribution in [0.2, 0.25) is 0 Å². The maximum Gasteiger partial charge on any atom is 0.407 e. The van der Waals surface area contributed by atoms with E-state index in [1.807, 2.05) is 29.2 Å². The predicted octanol–water partition coefficient (Wildman–Crippen LogP) is 3.73. The van der Waals surface area contributed by atoms with E-state index >= 15 is 0 Å². The quantitative estimate of drug-likeness (QED) is 0.635. The zero-order chi connectivity index (χ0) is 23.8. The van der Waals surface area contributed by atoms with Gasteiger partial charge in [0.05, 0.1) is 0 Å². The summed E-state index contributed by atoms with van der Waals surface area (Å²) in [4.78, 5) is 24.3. The van der Waals surface area contributed by atoms with Gasteiger partial charge in [0, 0.05) is 37.2 Å². The Bertz CT molecular complexity index is 948. The number of guanidine groups is 2. The first-order valence-electron chi connectivity index (χ1n) is 11.9. The van der Waals surface area contributed by atoms with Crippen LogP contribution in [-0.2, 0) is 0 Å². The third-order valence-corrected chi connectivity index (χ3v) is 7.03. The van der Waals surface area contributed by atoms with Crippen LogP contribution in [0, 0.1) is 5.41 Å². The summed E-state index contributed by atoms with van der Waals surface area (Å²) in [6, 6.07) is 7.74. The molecule has 1 aromatic rings. The maximum absolute atomic E-state index is 11.7. The number of ether oxygens (including phenoxy) is 1. The molecule has 1 saturated heterocycles. The maximum atomic E-state index is 11.7. The lowest BCUT2D eigenvalue weighted by Crippen LogP contribution is -2.58. The molecule has 1 aromatic carbocycles. The Balaban J connectivity index is 1.56. The van der Waals surface area contributed by atoms with E-state index in [1.54, 1.807) is 4.90 Å². The van der Waals surface area contributed by atoms with Crippen LogP contribution in [0.4, 0.5) is 10.5 Å². The van der Waals surface area contributed by atoms with Crippen molar-refractivity contribution in [3.05, 3.63) is 24.3 Å². The number of likely N-dealkylation sites (tertiary alicyclic amines) is 1. The molecular formula is C24H36N6O3. The molecule has 1 spiro atoms. The van der Waals surface area contributed by atoms with Crippen LogP contribution in [-0.4, -0.2) is 52.4 Å². The molecular weight excluding hydrogens is 420 g/mol. The van der Waals surface area contributed by atoms with Crippen LogP contribution in [0.1, 0.15) is 65.7 Å². The van der Waals surface area contributed by atoms with Gasteiger partial charge in [-0.25, -0.2) is 9.79 Å². The standard InChI is InChI=1S/C24H36N6O3/c1-23(2,3)19-15-18(10-13-29(19)22(31)32)33-17-9-7-8-16(14-17)30-21(26)27-20(25)28-24(30)11-5-4-6-12-24/h7-9,14,18-19H,4-6,10-13,15H2,1-3H3,(H,31,32)(H4,25,26,27,28). The van der Waals surface area contributed by atoms with Crippen LogP contribution in [0.5, 0.6) is 5.75 Å². The molecule has 9 nitrogen and oxygen atoms in total. The van der Waals surface area contributed by atoms with E-state index in [-0.39, 0.29) is 23.5 Å². The van der Waals surface area contributed by atoms with E-state index in [2.05, 4.69) is 25.8 Å². The van der Waals surface area contributed by atoms with Gasteiger partial charge in [-0.1, -0.05) is 33.3 Å². The lowest BCUT2D eigenvalue weighted by molar-refractivity contribution is 0.0130. The Kier molecular flexibility index (Phi) is 6.16. The highest BCUT2D eigenvalue weighted by atomic mass is 16.5.